The molecular formula is C28H27F2N5O4. The van der Waals surface area contributed by atoms with E-state index in [1.165, 1.54) is 6.07 Å². The van der Waals surface area contributed by atoms with Crippen molar-refractivity contribution in [1.82, 2.24) is 20.9 Å². The number of hydrogen-bond donors (Lipinski definition) is 3. The van der Waals surface area contributed by atoms with Gasteiger partial charge in [-0.2, -0.15) is 5.26 Å². The number of amides is 4. The van der Waals surface area contributed by atoms with Crippen LogP contribution in [0.4, 0.5) is 18.4 Å². The molecule has 3 N–H and O–H groups in total. The van der Waals surface area contributed by atoms with Gasteiger partial charge in [-0.05, 0) is 48.9 Å². The fourth-order valence-electron chi connectivity index (χ4n) is 5.51. The van der Waals surface area contributed by atoms with E-state index in [-0.39, 0.29) is 36.0 Å². The summed E-state index contributed by atoms with van der Waals surface area (Å²) in [6.07, 6.45) is 3.02. The molecule has 4 amide bonds. The molecule has 1 atom stereocenters. The molecule has 0 bridgehead atoms. The number of cyclic esters (lactones) is 1. The number of imide groups is 1. The number of esters is 1. The van der Waals surface area contributed by atoms with Crippen molar-refractivity contribution >= 4 is 18.0 Å². The zero-order valence-electron chi connectivity index (χ0n) is 21.0. The Labute approximate surface area is 223 Å². The molecule has 0 spiro atoms. The standard InChI is InChI=1S/C28H27F2N5O4/c29-20-7-6-17(14-21(20)30)24-23-22(15-39-25(23)36)34-27(38)35(24)26(37)33-13-12-32-19-8-10-28(16-31,11-9-19)18-4-2-1-3-5-18/h1-7,14,19,24,32H,8-13,15H2,(H,33,37)(H,34,38). The fourth-order valence-corrected chi connectivity index (χ4v) is 5.51. The van der Waals surface area contributed by atoms with Crippen LogP contribution < -0.4 is 16.0 Å². The third-order valence-corrected chi connectivity index (χ3v) is 7.59. The maximum absolute atomic E-state index is 14.0. The van der Waals surface area contributed by atoms with E-state index >= 15 is 0 Å². The van der Waals surface area contributed by atoms with Crippen molar-refractivity contribution in [3.8, 4) is 6.07 Å². The van der Waals surface area contributed by atoms with Crippen LogP contribution in [0.3, 0.4) is 0 Å². The van der Waals surface area contributed by atoms with Gasteiger partial charge in [0.25, 0.3) is 0 Å². The summed E-state index contributed by atoms with van der Waals surface area (Å²) in [6, 6.07) is 12.5. The number of rotatable bonds is 6. The number of carbonyl (C=O) groups excluding carboxylic acids is 3. The molecule has 1 unspecified atom stereocenters. The van der Waals surface area contributed by atoms with Gasteiger partial charge in [0.1, 0.15) is 12.6 Å². The highest BCUT2D eigenvalue weighted by atomic mass is 19.2. The van der Waals surface area contributed by atoms with Crippen molar-refractivity contribution in [2.75, 3.05) is 19.7 Å². The number of benzene rings is 2. The molecule has 0 radical (unpaired) electrons. The average molecular weight is 536 g/mol. The third kappa shape index (κ3) is 5.07. The molecule has 9 nitrogen and oxygen atoms in total. The van der Waals surface area contributed by atoms with Crippen molar-refractivity contribution in [2.24, 2.45) is 0 Å². The van der Waals surface area contributed by atoms with Gasteiger partial charge in [0.2, 0.25) is 0 Å². The predicted octanol–water partition coefficient (Wildman–Crippen LogP) is 3.55. The SMILES string of the molecule is N#CC1(c2ccccc2)CCC(NCCNC(=O)N2C(=O)NC3=C(C(=O)OC3)C2c2ccc(F)c(F)c2)CC1. The number of urea groups is 2. The highest BCUT2D eigenvalue weighted by Crippen LogP contribution is 2.39. The molecule has 0 aromatic heterocycles. The molecule has 11 heteroatoms. The largest absolute Gasteiger partial charge is 0.456 e. The maximum Gasteiger partial charge on any atom is 0.338 e. The number of ether oxygens (including phenoxy) is 1. The second-order valence-corrected chi connectivity index (χ2v) is 9.86. The molecule has 2 aromatic rings. The molecule has 1 saturated carbocycles. The Morgan fingerprint density at radius 3 is 2.54 bits per heavy atom. The minimum Gasteiger partial charge on any atom is -0.456 e. The van der Waals surface area contributed by atoms with Gasteiger partial charge in [0.05, 0.1) is 22.8 Å². The molecule has 2 aromatic carbocycles. The number of halogens is 2. The van der Waals surface area contributed by atoms with Crippen LogP contribution in [0, 0.1) is 23.0 Å². The summed E-state index contributed by atoms with van der Waals surface area (Å²) in [5, 5.41) is 18.4. The van der Waals surface area contributed by atoms with Crippen LogP contribution in [0.15, 0.2) is 59.8 Å². The Hall–Kier alpha value is -4.30. The van der Waals surface area contributed by atoms with Gasteiger partial charge in [-0.15, -0.1) is 0 Å². The van der Waals surface area contributed by atoms with E-state index in [9.17, 15) is 28.4 Å². The summed E-state index contributed by atoms with van der Waals surface area (Å²) in [5.74, 6) is -3.01. The topological polar surface area (TPSA) is 124 Å². The summed E-state index contributed by atoms with van der Waals surface area (Å²) in [7, 11) is 0. The van der Waals surface area contributed by atoms with Crippen LogP contribution in [-0.2, 0) is 14.9 Å². The van der Waals surface area contributed by atoms with Crippen molar-refractivity contribution < 1.29 is 27.9 Å². The first-order chi connectivity index (χ1) is 18.8. The lowest BCUT2D eigenvalue weighted by Crippen LogP contribution is -2.54. The Morgan fingerprint density at radius 2 is 1.85 bits per heavy atom. The Morgan fingerprint density at radius 1 is 1.10 bits per heavy atom. The number of nitrogens with zero attached hydrogens (tertiary/aromatic N) is 2. The number of nitrogens with one attached hydrogen (secondary N) is 3. The van der Waals surface area contributed by atoms with Crippen LogP contribution in [0.1, 0.15) is 42.9 Å². The van der Waals surface area contributed by atoms with E-state index in [2.05, 4.69) is 22.0 Å². The second-order valence-electron chi connectivity index (χ2n) is 9.86. The van der Waals surface area contributed by atoms with E-state index in [0.29, 0.717) is 6.54 Å². The molecule has 202 valence electrons. The molecule has 1 fully saturated rings. The van der Waals surface area contributed by atoms with Gasteiger partial charge in [-0.1, -0.05) is 36.4 Å². The minimum atomic E-state index is -1.28. The first-order valence-electron chi connectivity index (χ1n) is 12.8. The first kappa shape index (κ1) is 26.3. The third-order valence-electron chi connectivity index (χ3n) is 7.59. The molecule has 2 aliphatic heterocycles. The summed E-state index contributed by atoms with van der Waals surface area (Å²) >= 11 is 0. The normalized spacial score (nSPS) is 24.5. The first-order valence-corrected chi connectivity index (χ1v) is 12.8. The van der Waals surface area contributed by atoms with Crippen LogP contribution in [0.25, 0.3) is 0 Å². The lowest BCUT2D eigenvalue weighted by Gasteiger charge is -2.36. The van der Waals surface area contributed by atoms with Crippen LogP contribution in [0.2, 0.25) is 0 Å². The second kappa shape index (κ2) is 10.8. The summed E-state index contributed by atoms with van der Waals surface area (Å²) in [6.45, 7) is 0.392. The molecular weight excluding hydrogens is 508 g/mol. The Balaban J connectivity index is 1.20. The van der Waals surface area contributed by atoms with E-state index < -0.39 is 41.1 Å². The Bertz CT molecular complexity index is 1370. The van der Waals surface area contributed by atoms with Crippen molar-refractivity contribution in [1.29, 1.82) is 5.26 Å². The van der Waals surface area contributed by atoms with Crippen LogP contribution in [0.5, 0.6) is 0 Å². The fraction of sp³-hybridized carbons (Fsp3) is 0.357. The quantitative estimate of drug-likeness (QED) is 0.384. The van der Waals surface area contributed by atoms with Gasteiger partial charge in [-0.25, -0.2) is 28.1 Å². The van der Waals surface area contributed by atoms with E-state index in [4.69, 9.17) is 4.74 Å². The zero-order valence-corrected chi connectivity index (χ0v) is 21.0. The summed E-state index contributed by atoms with van der Waals surface area (Å²) < 4.78 is 32.6. The average Bonchev–Trinajstić information content (AvgIpc) is 3.32. The highest BCUT2D eigenvalue weighted by molar-refractivity contribution is 6.03. The molecule has 39 heavy (non-hydrogen) atoms. The Kier molecular flexibility index (Phi) is 7.30. The molecule has 2 heterocycles. The monoisotopic (exact) mass is 535 g/mol. The van der Waals surface area contributed by atoms with Crippen molar-refractivity contribution in [3.63, 3.8) is 0 Å². The van der Waals surface area contributed by atoms with Crippen molar-refractivity contribution in [3.05, 3.63) is 82.6 Å². The van der Waals surface area contributed by atoms with E-state index in [1.807, 2.05) is 30.3 Å². The van der Waals surface area contributed by atoms with E-state index in [1.54, 1.807) is 0 Å². The van der Waals surface area contributed by atoms with Gasteiger partial charge in [0.15, 0.2) is 11.6 Å². The maximum atomic E-state index is 14.0. The van der Waals surface area contributed by atoms with Gasteiger partial charge in [-0.3, -0.25) is 0 Å². The molecule has 1 aliphatic carbocycles. The lowest BCUT2D eigenvalue weighted by atomic mass is 9.69. The van der Waals surface area contributed by atoms with Crippen LogP contribution in [-0.4, -0.2) is 48.7 Å². The van der Waals surface area contributed by atoms with Crippen molar-refractivity contribution in [2.45, 2.75) is 43.2 Å². The molecule has 3 aliphatic rings. The predicted molar refractivity (Wildman–Crippen MR) is 135 cm³/mol. The summed E-state index contributed by atoms with van der Waals surface area (Å²) in [5.41, 5.74) is 0.768. The molecule has 5 rings (SSSR count). The van der Waals surface area contributed by atoms with Gasteiger partial charge in [0, 0.05) is 19.1 Å². The number of hydrogen-bond acceptors (Lipinski definition) is 6. The highest BCUT2D eigenvalue weighted by Gasteiger charge is 2.46. The molecule has 0 saturated heterocycles. The number of carbonyl (C=O) groups is 3. The zero-order chi connectivity index (χ0) is 27.6. The lowest BCUT2D eigenvalue weighted by molar-refractivity contribution is -0.136. The van der Waals surface area contributed by atoms with Crippen LogP contribution >= 0.6 is 0 Å². The minimum absolute atomic E-state index is 0.00418. The van der Waals surface area contributed by atoms with Gasteiger partial charge < -0.3 is 20.7 Å². The smallest absolute Gasteiger partial charge is 0.338 e. The van der Waals surface area contributed by atoms with E-state index in [0.717, 1.165) is 48.3 Å². The van der Waals surface area contributed by atoms with Gasteiger partial charge >= 0.3 is 18.0 Å². The number of nitriles is 1. The summed E-state index contributed by atoms with van der Waals surface area (Å²) in [4.78, 5) is 39.2.